The van der Waals surface area contributed by atoms with Crippen molar-refractivity contribution in [2.24, 2.45) is 0 Å². The monoisotopic (exact) mass is 476 g/mol. The number of carbonyl (C=O) groups is 3. The number of ketones is 1. The highest BCUT2D eigenvalue weighted by Gasteiger charge is 2.23. The third-order valence-electron chi connectivity index (χ3n) is 5.97. The summed E-state index contributed by atoms with van der Waals surface area (Å²) in [5.74, 6) is 1.42. The Bertz CT molecular complexity index is 1240. The van der Waals surface area contributed by atoms with Gasteiger partial charge in [0, 0.05) is 30.4 Å². The first-order chi connectivity index (χ1) is 16.6. The van der Waals surface area contributed by atoms with Crippen LogP contribution in [-0.4, -0.2) is 54.5 Å². The zero-order chi connectivity index (χ0) is 23.5. The molecule has 1 N–H and O–H groups in total. The molecule has 1 saturated heterocycles. The summed E-state index contributed by atoms with van der Waals surface area (Å²) < 4.78 is 1.82. The van der Waals surface area contributed by atoms with Gasteiger partial charge >= 0.3 is 0 Å². The molecule has 2 amide bonds. The Labute approximate surface area is 201 Å². The van der Waals surface area contributed by atoms with Crippen molar-refractivity contribution in [2.45, 2.75) is 43.8 Å². The van der Waals surface area contributed by atoms with Crippen LogP contribution in [-0.2, 0) is 22.6 Å². The Kier molecular flexibility index (Phi) is 6.39. The fraction of sp³-hybridized carbons (Fsp3) is 0.333. The van der Waals surface area contributed by atoms with E-state index in [2.05, 4.69) is 20.5 Å². The van der Waals surface area contributed by atoms with Crippen molar-refractivity contribution in [1.82, 2.24) is 24.6 Å². The molecule has 4 heterocycles. The lowest BCUT2D eigenvalue weighted by molar-refractivity contribution is -0.131. The van der Waals surface area contributed by atoms with Crippen molar-refractivity contribution in [1.29, 1.82) is 0 Å². The molecule has 0 atom stereocenters. The maximum absolute atomic E-state index is 12.9. The van der Waals surface area contributed by atoms with Crippen molar-refractivity contribution in [3.63, 3.8) is 0 Å². The van der Waals surface area contributed by atoms with E-state index in [9.17, 15) is 14.4 Å². The van der Waals surface area contributed by atoms with Gasteiger partial charge in [-0.25, -0.2) is 4.98 Å². The maximum Gasteiger partial charge on any atom is 0.228 e. The summed E-state index contributed by atoms with van der Waals surface area (Å²) in [6.07, 6.45) is 5.47. The van der Waals surface area contributed by atoms with Crippen molar-refractivity contribution in [3.8, 4) is 5.82 Å². The van der Waals surface area contributed by atoms with Crippen LogP contribution in [0.2, 0.25) is 0 Å². The van der Waals surface area contributed by atoms with E-state index in [0.717, 1.165) is 30.5 Å². The van der Waals surface area contributed by atoms with Gasteiger partial charge in [0.25, 0.3) is 0 Å². The molecule has 34 heavy (non-hydrogen) atoms. The first kappa shape index (κ1) is 22.3. The predicted molar refractivity (Wildman–Crippen MR) is 127 cm³/mol. The molecular weight excluding hydrogens is 452 g/mol. The minimum atomic E-state index is -0.0630. The summed E-state index contributed by atoms with van der Waals surface area (Å²) >= 11 is 1.28. The number of nitrogens with zero attached hydrogens (tertiary/aromatic N) is 5. The molecule has 2 aromatic heterocycles. The van der Waals surface area contributed by atoms with Gasteiger partial charge in [-0.3, -0.25) is 19.0 Å². The lowest BCUT2D eigenvalue weighted by Crippen LogP contribution is -2.31. The lowest BCUT2D eigenvalue weighted by Gasteiger charge is -2.20. The van der Waals surface area contributed by atoms with Crippen LogP contribution in [0.3, 0.4) is 0 Å². The minimum Gasteiger partial charge on any atom is -0.335 e. The largest absolute Gasteiger partial charge is 0.335 e. The minimum absolute atomic E-state index is 0.0622. The van der Waals surface area contributed by atoms with Gasteiger partial charge in [-0.2, -0.15) is 0 Å². The van der Waals surface area contributed by atoms with Crippen LogP contribution in [0.1, 0.15) is 47.4 Å². The number of rotatable bonds is 7. The van der Waals surface area contributed by atoms with E-state index < -0.39 is 0 Å². The van der Waals surface area contributed by atoms with E-state index in [1.807, 2.05) is 27.7 Å². The molecule has 174 valence electrons. The Morgan fingerprint density at radius 1 is 1.09 bits per heavy atom. The highest BCUT2D eigenvalue weighted by atomic mass is 32.2. The first-order valence-electron chi connectivity index (χ1n) is 11.3. The molecule has 1 fully saturated rings. The van der Waals surface area contributed by atoms with Crippen LogP contribution < -0.4 is 5.32 Å². The molecule has 2 aliphatic rings. The molecule has 0 unspecified atom stereocenters. The average Bonchev–Trinajstić information content (AvgIpc) is 3.36. The van der Waals surface area contributed by atoms with Crippen LogP contribution >= 0.6 is 11.8 Å². The number of aromatic nitrogens is 4. The smallest absolute Gasteiger partial charge is 0.228 e. The summed E-state index contributed by atoms with van der Waals surface area (Å²) in [7, 11) is 0. The Hall–Kier alpha value is -3.53. The van der Waals surface area contributed by atoms with Gasteiger partial charge in [0.1, 0.15) is 5.82 Å². The number of amides is 2. The van der Waals surface area contributed by atoms with Gasteiger partial charge in [-0.1, -0.05) is 24.2 Å². The number of nitrogens with one attached hydrogen (secondary N) is 1. The third kappa shape index (κ3) is 4.72. The van der Waals surface area contributed by atoms with Crippen LogP contribution in [0.4, 0.5) is 5.69 Å². The standard InChI is InChI=1S/C24H24N6O3S/c31-19(16-8-9-18-17(12-16)13-22(32)26-18)15-34-24-28-27-21(30(24)20-6-3-4-10-25-20)14-29-11-5-1-2-7-23(29)33/h3-4,6,8-10,12H,1-2,5,7,11,13-15H2,(H,26,32). The third-order valence-corrected chi connectivity index (χ3v) is 6.90. The summed E-state index contributed by atoms with van der Waals surface area (Å²) in [6, 6.07) is 10.8. The lowest BCUT2D eigenvalue weighted by atomic mass is 10.1. The van der Waals surface area contributed by atoms with E-state index in [-0.39, 0.29) is 29.8 Å². The van der Waals surface area contributed by atoms with Gasteiger partial charge in [0.2, 0.25) is 11.8 Å². The Balaban J connectivity index is 1.36. The summed E-state index contributed by atoms with van der Waals surface area (Å²) in [5, 5.41) is 12.0. The van der Waals surface area contributed by atoms with Crippen LogP contribution in [0, 0.1) is 0 Å². The summed E-state index contributed by atoms with van der Waals surface area (Å²) in [5.41, 5.74) is 2.15. The molecule has 9 nitrogen and oxygen atoms in total. The molecule has 2 aliphatic heterocycles. The van der Waals surface area contributed by atoms with E-state index in [0.29, 0.717) is 41.9 Å². The zero-order valence-electron chi connectivity index (χ0n) is 18.6. The number of thioether (sulfide) groups is 1. The van der Waals surface area contributed by atoms with Gasteiger partial charge < -0.3 is 10.2 Å². The average molecular weight is 477 g/mol. The Morgan fingerprint density at radius 3 is 2.85 bits per heavy atom. The summed E-state index contributed by atoms with van der Waals surface area (Å²) in [6.45, 7) is 1.05. The molecule has 5 rings (SSSR count). The van der Waals surface area contributed by atoms with Crippen LogP contribution in [0.15, 0.2) is 47.8 Å². The highest BCUT2D eigenvalue weighted by Crippen LogP contribution is 2.27. The number of anilines is 1. The SMILES string of the molecule is O=C1Cc2cc(C(=O)CSc3nnc(CN4CCCCCC4=O)n3-c3ccccn3)ccc2N1. The number of carbonyl (C=O) groups excluding carboxylic acids is 3. The number of pyridine rings is 1. The fourth-order valence-corrected chi connectivity index (χ4v) is 5.06. The molecule has 10 heteroatoms. The molecule has 0 radical (unpaired) electrons. The van der Waals surface area contributed by atoms with Gasteiger partial charge in [0.15, 0.2) is 16.8 Å². The van der Waals surface area contributed by atoms with E-state index in [1.165, 1.54) is 11.8 Å². The molecule has 0 saturated carbocycles. The molecule has 1 aromatic carbocycles. The van der Waals surface area contributed by atoms with Gasteiger partial charge in [-0.05, 0) is 48.7 Å². The zero-order valence-corrected chi connectivity index (χ0v) is 19.4. The van der Waals surface area contributed by atoms with Crippen molar-refractivity contribution in [2.75, 3.05) is 17.6 Å². The van der Waals surface area contributed by atoms with E-state index in [1.54, 1.807) is 24.4 Å². The number of hydrogen-bond donors (Lipinski definition) is 1. The fourth-order valence-electron chi connectivity index (χ4n) is 4.20. The number of Topliss-reactive ketones (excluding diaryl/α,β-unsaturated/α-hetero) is 1. The first-order valence-corrected chi connectivity index (χ1v) is 12.3. The molecule has 0 spiro atoms. The van der Waals surface area contributed by atoms with Crippen molar-refractivity contribution < 1.29 is 14.4 Å². The van der Waals surface area contributed by atoms with Crippen molar-refractivity contribution in [3.05, 3.63) is 59.5 Å². The number of fused-ring (bicyclic) bond motifs is 1. The number of likely N-dealkylation sites (tertiary alicyclic amines) is 1. The molecule has 3 aromatic rings. The highest BCUT2D eigenvalue weighted by molar-refractivity contribution is 7.99. The van der Waals surface area contributed by atoms with Gasteiger partial charge in [-0.15, -0.1) is 10.2 Å². The van der Waals surface area contributed by atoms with E-state index >= 15 is 0 Å². The molecule has 0 bridgehead atoms. The predicted octanol–water partition coefficient (Wildman–Crippen LogP) is 3.03. The van der Waals surface area contributed by atoms with Crippen LogP contribution in [0.25, 0.3) is 5.82 Å². The van der Waals surface area contributed by atoms with E-state index in [4.69, 9.17) is 0 Å². The number of hydrogen-bond acceptors (Lipinski definition) is 7. The molecular formula is C24H24N6O3S. The molecule has 0 aliphatic carbocycles. The van der Waals surface area contributed by atoms with Gasteiger partial charge in [0.05, 0.1) is 18.7 Å². The second-order valence-corrected chi connectivity index (χ2v) is 9.30. The maximum atomic E-state index is 12.9. The Morgan fingerprint density at radius 2 is 2.00 bits per heavy atom. The normalized spacial score (nSPS) is 15.7. The summed E-state index contributed by atoms with van der Waals surface area (Å²) in [4.78, 5) is 43.3. The van der Waals surface area contributed by atoms with Crippen LogP contribution in [0.5, 0.6) is 0 Å². The quantitative estimate of drug-likeness (QED) is 0.412. The topological polar surface area (TPSA) is 110 Å². The van der Waals surface area contributed by atoms with Crippen molar-refractivity contribution >= 4 is 35.0 Å². The number of benzene rings is 1. The second kappa shape index (κ2) is 9.76. The second-order valence-electron chi connectivity index (χ2n) is 8.36.